The highest BCUT2D eigenvalue weighted by Crippen LogP contribution is 2.26. The van der Waals surface area contributed by atoms with Crippen LogP contribution in [0.25, 0.3) is 5.69 Å². The number of carbonyl (C=O) groups excluding carboxylic acids is 2. The topological polar surface area (TPSA) is 64.4 Å². The zero-order valence-electron chi connectivity index (χ0n) is 12.2. The molecule has 22 heavy (non-hydrogen) atoms. The van der Waals surface area contributed by atoms with E-state index in [-0.39, 0.29) is 30.3 Å². The molecule has 0 atom stereocenters. The summed E-state index contributed by atoms with van der Waals surface area (Å²) in [6.45, 7) is 2.13. The van der Waals surface area contributed by atoms with Gasteiger partial charge in [-0.1, -0.05) is 0 Å². The summed E-state index contributed by atoms with van der Waals surface area (Å²) in [6.07, 6.45) is 1.45. The van der Waals surface area contributed by atoms with E-state index in [4.69, 9.17) is 4.74 Å². The van der Waals surface area contributed by atoms with Gasteiger partial charge in [0.1, 0.15) is 12.1 Å². The fourth-order valence-electron chi connectivity index (χ4n) is 2.49. The normalized spacial score (nSPS) is 13.4. The lowest BCUT2D eigenvalue weighted by molar-refractivity contribution is 0.0516. The van der Waals surface area contributed by atoms with Crippen LogP contribution >= 0.6 is 0 Å². The van der Waals surface area contributed by atoms with Crippen molar-refractivity contribution in [3.05, 3.63) is 47.3 Å². The summed E-state index contributed by atoms with van der Waals surface area (Å²) >= 11 is 0. The molecule has 0 unspecified atom stereocenters. The van der Waals surface area contributed by atoms with E-state index in [9.17, 15) is 14.0 Å². The lowest BCUT2D eigenvalue weighted by atomic mass is 10.1. The summed E-state index contributed by atoms with van der Waals surface area (Å²) in [5.74, 6) is -1.34. The molecular formula is C15H14FN3O3. The molecule has 0 N–H and O–H groups in total. The number of esters is 1. The summed E-state index contributed by atoms with van der Waals surface area (Å²) < 4.78 is 20.1. The van der Waals surface area contributed by atoms with Crippen LogP contribution in [0.5, 0.6) is 0 Å². The number of aromatic nitrogens is 2. The highest BCUT2D eigenvalue weighted by Gasteiger charge is 2.29. The average Bonchev–Trinajstić information content (AvgIpc) is 2.86. The molecule has 0 spiro atoms. The number of benzene rings is 1. The molecule has 0 saturated heterocycles. The number of hydrogen-bond acceptors (Lipinski definition) is 4. The number of imidazole rings is 1. The predicted octanol–water partition coefficient (Wildman–Crippen LogP) is 1.77. The maximum absolute atomic E-state index is 13.5. The molecule has 0 saturated carbocycles. The van der Waals surface area contributed by atoms with Crippen LogP contribution in [0.2, 0.25) is 0 Å². The second-order valence-corrected chi connectivity index (χ2v) is 4.95. The predicted molar refractivity (Wildman–Crippen MR) is 75.3 cm³/mol. The highest BCUT2D eigenvalue weighted by atomic mass is 19.1. The zero-order chi connectivity index (χ0) is 15.9. The Labute approximate surface area is 126 Å². The third-order valence-corrected chi connectivity index (χ3v) is 3.52. The largest absolute Gasteiger partial charge is 0.461 e. The summed E-state index contributed by atoms with van der Waals surface area (Å²) in [5.41, 5.74) is 1.43. The van der Waals surface area contributed by atoms with Crippen molar-refractivity contribution in [2.45, 2.75) is 13.5 Å². The van der Waals surface area contributed by atoms with Gasteiger partial charge in [-0.25, -0.2) is 14.2 Å². The van der Waals surface area contributed by atoms with Gasteiger partial charge in [-0.05, 0) is 25.1 Å². The minimum Gasteiger partial charge on any atom is -0.461 e. The highest BCUT2D eigenvalue weighted by molar-refractivity contribution is 5.99. The number of amides is 1. The Morgan fingerprint density at radius 3 is 2.95 bits per heavy atom. The molecule has 2 heterocycles. The number of ether oxygens (including phenoxy) is 1. The lowest BCUT2D eigenvalue weighted by Crippen LogP contribution is -2.26. The van der Waals surface area contributed by atoms with Gasteiger partial charge in [-0.2, -0.15) is 0 Å². The molecule has 1 aliphatic heterocycles. The van der Waals surface area contributed by atoms with E-state index in [0.717, 1.165) is 0 Å². The number of hydrogen-bond donors (Lipinski definition) is 0. The number of carbonyl (C=O) groups is 2. The van der Waals surface area contributed by atoms with Crippen molar-refractivity contribution in [2.24, 2.45) is 0 Å². The Kier molecular flexibility index (Phi) is 3.40. The van der Waals surface area contributed by atoms with E-state index in [2.05, 4.69) is 4.98 Å². The molecule has 0 bridgehead atoms. The third-order valence-electron chi connectivity index (χ3n) is 3.52. The van der Waals surface area contributed by atoms with Crippen molar-refractivity contribution < 1.29 is 18.7 Å². The molecule has 0 radical (unpaired) electrons. The smallest absolute Gasteiger partial charge is 0.358 e. The van der Waals surface area contributed by atoms with Gasteiger partial charge in [0, 0.05) is 7.05 Å². The molecule has 1 aliphatic rings. The Morgan fingerprint density at radius 2 is 2.23 bits per heavy atom. The molecule has 1 aromatic carbocycles. The van der Waals surface area contributed by atoms with Gasteiger partial charge in [-0.3, -0.25) is 9.36 Å². The molecule has 3 rings (SSSR count). The van der Waals surface area contributed by atoms with Gasteiger partial charge in [0.2, 0.25) is 0 Å². The number of rotatable bonds is 2. The van der Waals surface area contributed by atoms with E-state index in [1.165, 1.54) is 29.4 Å². The van der Waals surface area contributed by atoms with E-state index in [1.54, 1.807) is 18.5 Å². The lowest BCUT2D eigenvalue weighted by Gasteiger charge is -2.14. The molecular weight excluding hydrogens is 288 g/mol. The van der Waals surface area contributed by atoms with Gasteiger partial charge < -0.3 is 9.64 Å². The van der Waals surface area contributed by atoms with Crippen LogP contribution in [-0.2, 0) is 11.3 Å². The maximum atomic E-state index is 13.5. The Morgan fingerprint density at radius 1 is 1.45 bits per heavy atom. The summed E-state index contributed by atoms with van der Waals surface area (Å²) in [4.78, 5) is 29.9. The minimum atomic E-state index is -0.539. The molecule has 7 heteroatoms. The van der Waals surface area contributed by atoms with Crippen LogP contribution < -0.4 is 0 Å². The zero-order valence-corrected chi connectivity index (χ0v) is 12.2. The Hall–Kier alpha value is -2.70. The standard InChI is InChI=1S/C15H14FN3O3/c1-3-22-15(21)13-12-7-18(2)14(20)10-6-9(16)4-5-11(10)19(12)8-17-13/h4-6,8H,3,7H2,1-2H3/i2-1. The summed E-state index contributed by atoms with van der Waals surface area (Å²) in [5, 5.41) is 0. The minimum absolute atomic E-state index is 0.165. The van der Waals surface area contributed by atoms with Crippen LogP contribution in [0.3, 0.4) is 0 Å². The molecule has 114 valence electrons. The first-order valence-corrected chi connectivity index (χ1v) is 6.81. The van der Waals surface area contributed by atoms with Crippen molar-refractivity contribution in [3.63, 3.8) is 0 Å². The van der Waals surface area contributed by atoms with Gasteiger partial charge in [0.05, 0.1) is 30.1 Å². The summed E-state index contributed by atoms with van der Waals surface area (Å²) in [7, 11) is 1.59. The monoisotopic (exact) mass is 302 g/mol. The maximum Gasteiger partial charge on any atom is 0.358 e. The van der Waals surface area contributed by atoms with Crippen LogP contribution in [0.15, 0.2) is 24.5 Å². The number of fused-ring (bicyclic) bond motifs is 3. The van der Waals surface area contributed by atoms with Crippen molar-refractivity contribution >= 4 is 11.9 Å². The van der Waals surface area contributed by atoms with Crippen LogP contribution in [0.1, 0.15) is 33.5 Å². The van der Waals surface area contributed by atoms with E-state index >= 15 is 0 Å². The van der Waals surface area contributed by atoms with Crippen molar-refractivity contribution in [1.29, 1.82) is 0 Å². The Bertz CT molecular complexity index is 769. The average molecular weight is 302 g/mol. The second kappa shape index (κ2) is 5.25. The first kappa shape index (κ1) is 14.2. The third kappa shape index (κ3) is 2.14. The van der Waals surface area contributed by atoms with Crippen molar-refractivity contribution in [3.8, 4) is 5.69 Å². The van der Waals surface area contributed by atoms with Gasteiger partial charge in [-0.15, -0.1) is 0 Å². The van der Waals surface area contributed by atoms with Crippen LogP contribution in [0.4, 0.5) is 4.39 Å². The Balaban J connectivity index is 2.20. The van der Waals surface area contributed by atoms with Crippen LogP contribution in [-0.4, -0.2) is 40.0 Å². The van der Waals surface area contributed by atoms with Crippen molar-refractivity contribution in [2.75, 3.05) is 13.7 Å². The van der Waals surface area contributed by atoms with Gasteiger partial charge in [0.25, 0.3) is 5.91 Å². The van der Waals surface area contributed by atoms with Crippen molar-refractivity contribution in [1.82, 2.24) is 14.5 Å². The second-order valence-electron chi connectivity index (χ2n) is 4.95. The van der Waals surface area contributed by atoms with Crippen LogP contribution in [0, 0.1) is 5.82 Å². The first-order valence-electron chi connectivity index (χ1n) is 6.81. The molecule has 6 nitrogen and oxygen atoms in total. The van der Waals surface area contributed by atoms with E-state index in [0.29, 0.717) is 11.4 Å². The van der Waals surface area contributed by atoms with Gasteiger partial charge in [0.15, 0.2) is 5.69 Å². The first-order chi connectivity index (χ1) is 10.5. The summed E-state index contributed by atoms with van der Waals surface area (Å²) in [6, 6.07) is 3.96. The SMILES string of the molecule is CCOC(=O)c1ncn2c1CN([11CH3])C(=O)c1cc(F)ccc1-2. The fraction of sp³-hybridized carbons (Fsp3) is 0.267. The molecule has 0 fully saturated rings. The molecule has 1 amide bonds. The quantitative estimate of drug-likeness (QED) is 0.793. The number of nitrogens with zero attached hydrogens (tertiary/aromatic N) is 3. The molecule has 0 aliphatic carbocycles. The number of halogens is 1. The fourth-order valence-corrected chi connectivity index (χ4v) is 2.49. The van der Waals surface area contributed by atoms with E-state index < -0.39 is 11.8 Å². The molecule has 2 aromatic rings. The van der Waals surface area contributed by atoms with Gasteiger partial charge >= 0.3 is 5.97 Å². The molecule has 1 aromatic heterocycles. The van der Waals surface area contributed by atoms with E-state index in [1.807, 2.05) is 0 Å².